The Hall–Kier alpha value is -3.19. The number of rotatable bonds is 5. The monoisotopic (exact) mass is 403 g/mol. The Bertz CT molecular complexity index is 1180. The summed E-state index contributed by atoms with van der Waals surface area (Å²) in [6.07, 6.45) is 0. The Morgan fingerprint density at radius 1 is 0.966 bits per heavy atom. The smallest absolute Gasteiger partial charge is 0.234 e. The number of nitrogens with zero attached hydrogens (tertiary/aromatic N) is 4. The number of fused-ring (bicyclic) bond motifs is 1. The Balaban J connectivity index is 1.49. The van der Waals surface area contributed by atoms with E-state index in [4.69, 9.17) is 0 Å². The van der Waals surface area contributed by atoms with Crippen molar-refractivity contribution in [3.05, 3.63) is 71.3 Å². The molecule has 0 fully saturated rings. The first-order valence-corrected chi connectivity index (χ1v) is 10.3. The van der Waals surface area contributed by atoms with Crippen molar-refractivity contribution >= 4 is 29.0 Å². The van der Waals surface area contributed by atoms with Gasteiger partial charge in [0.15, 0.2) is 11.5 Å². The maximum absolute atomic E-state index is 12.4. The van der Waals surface area contributed by atoms with E-state index in [0.717, 1.165) is 21.8 Å². The minimum absolute atomic E-state index is 0.0636. The number of thioether (sulfide) groups is 1. The van der Waals surface area contributed by atoms with Crippen molar-refractivity contribution in [2.24, 2.45) is 0 Å². The van der Waals surface area contributed by atoms with Crippen LogP contribution in [0.5, 0.6) is 0 Å². The van der Waals surface area contributed by atoms with Crippen LogP contribution in [0.25, 0.3) is 17.0 Å². The molecule has 0 aliphatic rings. The number of hydrogen-bond donors (Lipinski definition) is 1. The van der Waals surface area contributed by atoms with Crippen molar-refractivity contribution in [3.8, 4) is 11.4 Å². The normalized spacial score (nSPS) is 11.0. The molecule has 0 aliphatic heterocycles. The molecular weight excluding hydrogens is 382 g/mol. The Morgan fingerprint density at radius 2 is 1.72 bits per heavy atom. The van der Waals surface area contributed by atoms with Crippen LogP contribution in [-0.2, 0) is 4.79 Å². The largest absolute Gasteiger partial charge is 0.325 e. The van der Waals surface area contributed by atoms with Gasteiger partial charge in [0.2, 0.25) is 5.91 Å². The summed E-state index contributed by atoms with van der Waals surface area (Å²) in [5, 5.41) is 16.8. The van der Waals surface area contributed by atoms with Gasteiger partial charge in [0.1, 0.15) is 5.03 Å². The van der Waals surface area contributed by atoms with E-state index in [1.807, 2.05) is 69.3 Å². The van der Waals surface area contributed by atoms with Gasteiger partial charge in [-0.25, -0.2) is 0 Å². The molecule has 146 valence electrons. The fraction of sp³-hybridized carbons (Fsp3) is 0.182. The number of aromatic nitrogens is 4. The van der Waals surface area contributed by atoms with Gasteiger partial charge in [0, 0.05) is 11.3 Å². The fourth-order valence-corrected chi connectivity index (χ4v) is 3.67. The number of carbonyl (C=O) groups excluding carboxylic acids is 1. The molecule has 2 aromatic carbocycles. The molecule has 0 saturated carbocycles. The van der Waals surface area contributed by atoms with Crippen LogP contribution in [0.4, 0.5) is 5.69 Å². The molecule has 2 aromatic heterocycles. The number of anilines is 1. The second-order valence-electron chi connectivity index (χ2n) is 6.99. The van der Waals surface area contributed by atoms with Crippen LogP contribution in [0.2, 0.25) is 0 Å². The van der Waals surface area contributed by atoms with Gasteiger partial charge in [0.25, 0.3) is 0 Å². The molecule has 1 amide bonds. The lowest BCUT2D eigenvalue weighted by atomic mass is 10.1. The third-order valence-corrected chi connectivity index (χ3v) is 5.48. The molecule has 0 aliphatic carbocycles. The van der Waals surface area contributed by atoms with E-state index in [-0.39, 0.29) is 11.7 Å². The molecule has 7 heteroatoms. The Kier molecular flexibility index (Phi) is 5.31. The lowest BCUT2D eigenvalue weighted by Crippen LogP contribution is -2.15. The van der Waals surface area contributed by atoms with Crippen LogP contribution in [0.1, 0.15) is 16.7 Å². The first-order valence-electron chi connectivity index (χ1n) is 9.29. The highest BCUT2D eigenvalue weighted by Gasteiger charge is 2.11. The third-order valence-electron chi connectivity index (χ3n) is 4.56. The van der Waals surface area contributed by atoms with Gasteiger partial charge in [-0.05, 0) is 44.5 Å². The molecule has 6 nitrogen and oxygen atoms in total. The number of nitrogens with one attached hydrogen (secondary N) is 1. The van der Waals surface area contributed by atoms with Crippen molar-refractivity contribution in [1.29, 1.82) is 0 Å². The molecule has 0 saturated heterocycles. The number of hydrogen-bond acceptors (Lipinski definition) is 5. The lowest BCUT2D eigenvalue weighted by Gasteiger charge is -2.09. The highest BCUT2D eigenvalue weighted by Crippen LogP contribution is 2.22. The summed E-state index contributed by atoms with van der Waals surface area (Å²) in [5.41, 5.74) is 5.86. The summed E-state index contributed by atoms with van der Waals surface area (Å²) < 4.78 is 1.72. The molecule has 29 heavy (non-hydrogen) atoms. The summed E-state index contributed by atoms with van der Waals surface area (Å²) in [6, 6.07) is 17.8. The summed E-state index contributed by atoms with van der Waals surface area (Å²) in [4.78, 5) is 12.4. The minimum Gasteiger partial charge on any atom is -0.325 e. The second kappa shape index (κ2) is 8.05. The SMILES string of the molecule is Cc1ccc(-c2nnc3ccc(SCC(=O)Nc4ccc(C)cc4C)nn23)cc1. The fourth-order valence-electron chi connectivity index (χ4n) is 3.01. The van der Waals surface area contributed by atoms with Gasteiger partial charge in [-0.1, -0.05) is 59.3 Å². The van der Waals surface area contributed by atoms with E-state index < -0.39 is 0 Å². The molecule has 0 radical (unpaired) electrons. The maximum Gasteiger partial charge on any atom is 0.234 e. The molecular formula is C22H21N5OS. The van der Waals surface area contributed by atoms with Crippen LogP contribution in [-0.4, -0.2) is 31.5 Å². The van der Waals surface area contributed by atoms with Gasteiger partial charge < -0.3 is 5.32 Å². The van der Waals surface area contributed by atoms with Gasteiger partial charge in [-0.3, -0.25) is 4.79 Å². The van der Waals surface area contributed by atoms with Crippen molar-refractivity contribution < 1.29 is 4.79 Å². The average molecular weight is 404 g/mol. The van der Waals surface area contributed by atoms with Crippen molar-refractivity contribution in [2.75, 3.05) is 11.1 Å². The Labute approximate surface area is 173 Å². The number of aryl methyl sites for hydroxylation is 3. The van der Waals surface area contributed by atoms with E-state index in [1.165, 1.54) is 22.9 Å². The molecule has 0 bridgehead atoms. The minimum atomic E-state index is -0.0636. The zero-order chi connectivity index (χ0) is 20.4. The number of amides is 1. The van der Waals surface area contributed by atoms with Crippen LogP contribution in [0.15, 0.2) is 59.6 Å². The third kappa shape index (κ3) is 4.30. The van der Waals surface area contributed by atoms with Gasteiger partial charge in [0.05, 0.1) is 5.75 Å². The molecule has 0 spiro atoms. The van der Waals surface area contributed by atoms with Gasteiger partial charge in [-0.2, -0.15) is 9.61 Å². The van der Waals surface area contributed by atoms with E-state index in [1.54, 1.807) is 4.52 Å². The van der Waals surface area contributed by atoms with E-state index >= 15 is 0 Å². The molecule has 4 aromatic rings. The molecule has 0 atom stereocenters. The van der Waals surface area contributed by atoms with E-state index in [9.17, 15) is 4.79 Å². The van der Waals surface area contributed by atoms with E-state index in [0.29, 0.717) is 11.5 Å². The first-order chi connectivity index (χ1) is 14.0. The van der Waals surface area contributed by atoms with Gasteiger partial charge >= 0.3 is 0 Å². The molecule has 4 rings (SSSR count). The van der Waals surface area contributed by atoms with Crippen molar-refractivity contribution in [3.63, 3.8) is 0 Å². The van der Waals surface area contributed by atoms with E-state index in [2.05, 4.69) is 26.7 Å². The van der Waals surface area contributed by atoms with Crippen molar-refractivity contribution in [1.82, 2.24) is 19.8 Å². The molecule has 1 N–H and O–H groups in total. The van der Waals surface area contributed by atoms with Crippen molar-refractivity contribution in [2.45, 2.75) is 25.8 Å². The topological polar surface area (TPSA) is 72.2 Å². The number of benzene rings is 2. The summed E-state index contributed by atoms with van der Waals surface area (Å²) in [5.74, 6) is 0.891. The summed E-state index contributed by atoms with van der Waals surface area (Å²) in [7, 11) is 0. The first kappa shape index (κ1) is 19.1. The maximum atomic E-state index is 12.4. The average Bonchev–Trinajstić information content (AvgIpc) is 3.12. The standard InChI is InChI=1S/C22H21N5OS/c1-14-4-7-17(8-5-14)22-25-24-19-10-11-21(26-27(19)22)29-13-20(28)23-18-9-6-15(2)12-16(18)3/h4-12H,13H2,1-3H3,(H,23,28). The lowest BCUT2D eigenvalue weighted by molar-refractivity contribution is -0.113. The predicted octanol–water partition coefficient (Wildman–Crippen LogP) is 4.45. The van der Waals surface area contributed by atoms with Gasteiger partial charge in [-0.15, -0.1) is 10.2 Å². The molecule has 2 heterocycles. The molecule has 0 unspecified atom stereocenters. The zero-order valence-electron chi connectivity index (χ0n) is 16.5. The number of carbonyl (C=O) groups is 1. The van der Waals surface area contributed by atoms with Crippen LogP contribution in [0, 0.1) is 20.8 Å². The van der Waals surface area contributed by atoms with Crippen LogP contribution >= 0.6 is 11.8 Å². The highest BCUT2D eigenvalue weighted by molar-refractivity contribution is 7.99. The highest BCUT2D eigenvalue weighted by atomic mass is 32.2. The van der Waals surface area contributed by atoms with Crippen LogP contribution in [0.3, 0.4) is 0 Å². The summed E-state index contributed by atoms with van der Waals surface area (Å²) in [6.45, 7) is 6.07. The predicted molar refractivity (Wildman–Crippen MR) is 116 cm³/mol. The second-order valence-corrected chi connectivity index (χ2v) is 7.98. The zero-order valence-corrected chi connectivity index (χ0v) is 17.3. The Morgan fingerprint density at radius 3 is 2.48 bits per heavy atom. The van der Waals surface area contributed by atoms with Crippen LogP contribution < -0.4 is 5.32 Å². The summed E-state index contributed by atoms with van der Waals surface area (Å²) >= 11 is 1.38. The quantitative estimate of drug-likeness (QED) is 0.499.